The van der Waals surface area contributed by atoms with E-state index in [1.807, 2.05) is 29.0 Å². The van der Waals surface area contributed by atoms with Gasteiger partial charge in [-0.05, 0) is 24.3 Å². The lowest BCUT2D eigenvalue weighted by Gasteiger charge is -2.22. The number of quaternary nitrogens is 1. The van der Waals surface area contributed by atoms with Crippen molar-refractivity contribution >= 4 is 33.3 Å². The second-order valence-corrected chi connectivity index (χ2v) is 8.30. The fourth-order valence-electron chi connectivity index (χ4n) is 3.55. The lowest BCUT2D eigenvalue weighted by atomic mass is 10.1. The molecule has 1 aliphatic heterocycles. The molecule has 3 aromatic rings. The van der Waals surface area contributed by atoms with Crippen LogP contribution in [-0.2, 0) is 19.5 Å². The first-order valence-electron chi connectivity index (χ1n) is 8.67. The fourth-order valence-corrected chi connectivity index (χ4v) is 5.44. The first-order chi connectivity index (χ1) is 12.2. The highest BCUT2D eigenvalue weighted by Crippen LogP contribution is 2.30. The summed E-state index contributed by atoms with van der Waals surface area (Å²) in [7, 11) is 0. The van der Waals surface area contributed by atoms with Crippen molar-refractivity contribution < 1.29 is 4.90 Å². The monoisotopic (exact) mass is 372 g/mol. The van der Waals surface area contributed by atoms with Gasteiger partial charge in [-0.1, -0.05) is 42.1 Å². The maximum atomic E-state index is 13.3. The molecular formula is C19H22N3OS2+. The quantitative estimate of drug-likeness (QED) is 0.564. The van der Waals surface area contributed by atoms with E-state index in [1.54, 1.807) is 28.0 Å². The third-order valence-electron chi connectivity index (χ3n) is 4.96. The van der Waals surface area contributed by atoms with Crippen molar-refractivity contribution in [1.29, 1.82) is 0 Å². The zero-order valence-corrected chi connectivity index (χ0v) is 16.2. The smallest absolute Gasteiger partial charge is 0.263 e. The molecule has 3 heterocycles. The first kappa shape index (κ1) is 16.8. The molecule has 0 saturated carbocycles. The highest BCUT2D eigenvalue weighted by molar-refractivity contribution is 7.98. The summed E-state index contributed by atoms with van der Waals surface area (Å²) in [4.78, 5) is 22.0. The average Bonchev–Trinajstić information content (AvgIpc) is 3.02. The molecule has 1 N–H and O–H groups in total. The number of aromatic nitrogens is 2. The van der Waals surface area contributed by atoms with Crippen LogP contribution in [0, 0.1) is 0 Å². The SMILES string of the molecule is CC[NH+]1CCc2c(sc3nc(SC)n(Cc4ccccc4)c(=O)c23)C1. The number of benzene rings is 1. The number of thioether (sulfide) groups is 1. The number of hydrogen-bond donors (Lipinski definition) is 1. The molecule has 0 amide bonds. The zero-order valence-electron chi connectivity index (χ0n) is 14.5. The molecule has 130 valence electrons. The Labute approximate surface area is 155 Å². The second kappa shape index (κ2) is 6.94. The maximum Gasteiger partial charge on any atom is 0.263 e. The summed E-state index contributed by atoms with van der Waals surface area (Å²) in [6, 6.07) is 10.2. The number of rotatable bonds is 4. The summed E-state index contributed by atoms with van der Waals surface area (Å²) in [6.45, 7) is 6.08. The van der Waals surface area contributed by atoms with Gasteiger partial charge < -0.3 is 4.90 Å². The minimum atomic E-state index is 0.121. The number of likely N-dealkylation sites (N-methyl/N-ethyl adjacent to an activating group) is 1. The van der Waals surface area contributed by atoms with Gasteiger partial charge in [-0.25, -0.2) is 4.98 Å². The summed E-state index contributed by atoms with van der Waals surface area (Å²) in [5.41, 5.74) is 2.51. The van der Waals surface area contributed by atoms with E-state index in [9.17, 15) is 4.79 Å². The molecule has 2 aromatic heterocycles. The Morgan fingerprint density at radius 3 is 2.84 bits per heavy atom. The standard InChI is InChI=1S/C19H21N3OS2/c1-3-21-10-9-14-15(12-21)25-17-16(14)18(23)22(19(20-17)24-2)11-13-7-5-4-6-8-13/h4-8H,3,9-12H2,1-2H3/p+1. The second-order valence-electron chi connectivity index (χ2n) is 6.44. The van der Waals surface area contributed by atoms with Gasteiger partial charge in [0.1, 0.15) is 11.4 Å². The fraction of sp³-hybridized carbons (Fsp3) is 0.368. The molecule has 0 fully saturated rings. The third-order valence-corrected chi connectivity index (χ3v) is 6.77. The molecule has 0 radical (unpaired) electrons. The zero-order chi connectivity index (χ0) is 17.4. The van der Waals surface area contributed by atoms with Gasteiger partial charge in [-0.2, -0.15) is 0 Å². The Morgan fingerprint density at radius 2 is 2.12 bits per heavy atom. The number of hydrogen-bond acceptors (Lipinski definition) is 4. The van der Waals surface area contributed by atoms with Gasteiger partial charge in [-0.15, -0.1) is 11.3 Å². The highest BCUT2D eigenvalue weighted by Gasteiger charge is 2.26. The van der Waals surface area contributed by atoms with E-state index in [-0.39, 0.29) is 5.56 Å². The van der Waals surface area contributed by atoms with Crippen molar-refractivity contribution in [2.75, 3.05) is 19.3 Å². The Kier molecular flexibility index (Phi) is 4.67. The molecule has 4 nitrogen and oxygen atoms in total. The third kappa shape index (κ3) is 3.03. The minimum absolute atomic E-state index is 0.121. The number of thiophene rings is 1. The maximum absolute atomic E-state index is 13.3. The first-order valence-corrected chi connectivity index (χ1v) is 10.7. The van der Waals surface area contributed by atoms with Crippen LogP contribution in [0.4, 0.5) is 0 Å². The van der Waals surface area contributed by atoms with Crippen LogP contribution in [0.15, 0.2) is 40.3 Å². The molecule has 4 rings (SSSR count). The van der Waals surface area contributed by atoms with Gasteiger partial charge in [0.15, 0.2) is 5.16 Å². The average molecular weight is 373 g/mol. The van der Waals surface area contributed by atoms with E-state index in [0.29, 0.717) is 6.54 Å². The van der Waals surface area contributed by atoms with Gasteiger partial charge in [0.2, 0.25) is 0 Å². The molecule has 1 unspecified atom stereocenters. The topological polar surface area (TPSA) is 39.3 Å². The Morgan fingerprint density at radius 1 is 1.32 bits per heavy atom. The van der Waals surface area contributed by atoms with E-state index in [2.05, 4.69) is 19.1 Å². The van der Waals surface area contributed by atoms with Crippen molar-refractivity contribution in [1.82, 2.24) is 9.55 Å². The normalized spacial score (nSPS) is 17.0. The number of nitrogens with one attached hydrogen (secondary N) is 1. The number of fused-ring (bicyclic) bond motifs is 3. The van der Waals surface area contributed by atoms with Gasteiger partial charge in [0, 0.05) is 6.42 Å². The van der Waals surface area contributed by atoms with E-state index in [4.69, 9.17) is 4.98 Å². The van der Waals surface area contributed by atoms with Crippen molar-refractivity contribution in [3.05, 3.63) is 56.7 Å². The van der Waals surface area contributed by atoms with Crippen LogP contribution in [-0.4, -0.2) is 28.9 Å². The molecule has 1 atom stereocenters. The van der Waals surface area contributed by atoms with Crippen LogP contribution < -0.4 is 10.5 Å². The van der Waals surface area contributed by atoms with Gasteiger partial charge in [-0.3, -0.25) is 9.36 Å². The number of nitrogens with zero attached hydrogens (tertiary/aromatic N) is 2. The van der Waals surface area contributed by atoms with E-state index in [1.165, 1.54) is 10.4 Å². The molecule has 25 heavy (non-hydrogen) atoms. The summed E-state index contributed by atoms with van der Waals surface area (Å²) >= 11 is 3.27. The van der Waals surface area contributed by atoms with E-state index >= 15 is 0 Å². The predicted octanol–water partition coefficient (Wildman–Crippen LogP) is 2.19. The Balaban J connectivity index is 1.86. The predicted molar refractivity (Wildman–Crippen MR) is 105 cm³/mol. The van der Waals surface area contributed by atoms with Crippen LogP contribution in [0.2, 0.25) is 0 Å². The summed E-state index contributed by atoms with van der Waals surface area (Å²) in [6.07, 6.45) is 2.98. The summed E-state index contributed by atoms with van der Waals surface area (Å²) in [5, 5.41) is 1.67. The van der Waals surface area contributed by atoms with Crippen molar-refractivity contribution in [2.24, 2.45) is 0 Å². The molecule has 1 aromatic carbocycles. The van der Waals surface area contributed by atoms with Crippen LogP contribution in [0.3, 0.4) is 0 Å². The van der Waals surface area contributed by atoms with Crippen molar-refractivity contribution in [3.63, 3.8) is 0 Å². The molecule has 0 aliphatic carbocycles. The Hall–Kier alpha value is -1.63. The minimum Gasteiger partial charge on any atom is -0.330 e. The molecule has 0 bridgehead atoms. The molecular weight excluding hydrogens is 350 g/mol. The molecule has 0 spiro atoms. The Bertz CT molecular complexity index is 962. The van der Waals surface area contributed by atoms with Crippen molar-refractivity contribution in [2.45, 2.75) is 31.6 Å². The van der Waals surface area contributed by atoms with E-state index in [0.717, 1.165) is 47.0 Å². The van der Waals surface area contributed by atoms with Gasteiger partial charge in [0.05, 0.1) is 29.9 Å². The summed E-state index contributed by atoms with van der Waals surface area (Å²) in [5.74, 6) is 0. The molecule has 0 saturated heterocycles. The van der Waals surface area contributed by atoms with E-state index < -0.39 is 0 Å². The lowest BCUT2D eigenvalue weighted by molar-refractivity contribution is -0.913. The summed E-state index contributed by atoms with van der Waals surface area (Å²) < 4.78 is 1.84. The highest BCUT2D eigenvalue weighted by atomic mass is 32.2. The van der Waals surface area contributed by atoms with Crippen molar-refractivity contribution in [3.8, 4) is 0 Å². The van der Waals surface area contributed by atoms with Crippen LogP contribution in [0.25, 0.3) is 10.2 Å². The van der Waals surface area contributed by atoms with Gasteiger partial charge >= 0.3 is 0 Å². The largest absolute Gasteiger partial charge is 0.330 e. The van der Waals surface area contributed by atoms with Crippen LogP contribution >= 0.6 is 23.1 Å². The van der Waals surface area contributed by atoms with Crippen LogP contribution in [0.5, 0.6) is 0 Å². The lowest BCUT2D eigenvalue weighted by Crippen LogP contribution is -3.11. The molecule has 1 aliphatic rings. The van der Waals surface area contributed by atoms with Gasteiger partial charge in [0.25, 0.3) is 5.56 Å². The van der Waals surface area contributed by atoms with Crippen LogP contribution in [0.1, 0.15) is 22.9 Å². The molecule has 6 heteroatoms.